The van der Waals surface area contributed by atoms with Gasteiger partial charge < -0.3 is 14.2 Å². The standard InChI is InChI=1S/C25H28N2O3/c1-5-30-25(29)23-18(2)22(19(3)26(23)4)24(28)27(16-20-12-8-6-9-13-20)17-21-14-10-7-11-15-21/h6-15H,5,16-17H2,1-4H3. The van der Waals surface area contributed by atoms with Gasteiger partial charge in [0.25, 0.3) is 5.91 Å². The van der Waals surface area contributed by atoms with Crippen molar-refractivity contribution in [3.63, 3.8) is 0 Å². The molecular weight excluding hydrogens is 376 g/mol. The Morgan fingerprint density at radius 2 is 1.40 bits per heavy atom. The molecule has 0 saturated carbocycles. The lowest BCUT2D eigenvalue weighted by Gasteiger charge is -2.24. The van der Waals surface area contributed by atoms with E-state index < -0.39 is 5.97 Å². The summed E-state index contributed by atoms with van der Waals surface area (Å²) in [6.07, 6.45) is 0. The normalized spacial score (nSPS) is 10.7. The second-order valence-electron chi connectivity index (χ2n) is 7.35. The Morgan fingerprint density at radius 1 is 0.900 bits per heavy atom. The number of rotatable bonds is 7. The van der Waals surface area contributed by atoms with E-state index in [4.69, 9.17) is 4.74 Å². The van der Waals surface area contributed by atoms with Crippen molar-refractivity contribution in [3.8, 4) is 0 Å². The number of benzene rings is 2. The lowest BCUT2D eigenvalue weighted by molar-refractivity contribution is 0.0514. The zero-order valence-corrected chi connectivity index (χ0v) is 18.0. The molecule has 0 aliphatic rings. The van der Waals surface area contributed by atoms with Gasteiger partial charge >= 0.3 is 5.97 Å². The van der Waals surface area contributed by atoms with Crippen molar-refractivity contribution in [1.82, 2.24) is 9.47 Å². The fourth-order valence-electron chi connectivity index (χ4n) is 3.75. The number of amides is 1. The molecule has 3 aromatic rings. The van der Waals surface area contributed by atoms with Crippen LogP contribution in [0.3, 0.4) is 0 Å². The van der Waals surface area contributed by atoms with Gasteiger partial charge in [0.15, 0.2) is 0 Å². The molecule has 0 saturated heterocycles. The van der Waals surface area contributed by atoms with E-state index in [1.165, 1.54) is 0 Å². The third-order valence-electron chi connectivity index (χ3n) is 5.33. The maximum absolute atomic E-state index is 13.7. The zero-order chi connectivity index (χ0) is 21.7. The van der Waals surface area contributed by atoms with Crippen molar-refractivity contribution < 1.29 is 14.3 Å². The van der Waals surface area contributed by atoms with E-state index >= 15 is 0 Å². The highest BCUT2D eigenvalue weighted by Crippen LogP contribution is 2.25. The van der Waals surface area contributed by atoms with Gasteiger partial charge in [0.05, 0.1) is 12.2 Å². The minimum Gasteiger partial charge on any atom is -0.461 e. The summed E-state index contributed by atoms with van der Waals surface area (Å²) in [5, 5.41) is 0. The highest BCUT2D eigenvalue weighted by Gasteiger charge is 2.28. The molecule has 1 amide bonds. The van der Waals surface area contributed by atoms with Gasteiger partial charge in [0, 0.05) is 25.8 Å². The minimum atomic E-state index is -0.405. The summed E-state index contributed by atoms with van der Waals surface area (Å²) < 4.78 is 6.96. The monoisotopic (exact) mass is 404 g/mol. The summed E-state index contributed by atoms with van der Waals surface area (Å²) >= 11 is 0. The molecule has 156 valence electrons. The van der Waals surface area contributed by atoms with Gasteiger partial charge in [-0.2, -0.15) is 0 Å². The van der Waals surface area contributed by atoms with Gasteiger partial charge in [-0.25, -0.2) is 4.79 Å². The van der Waals surface area contributed by atoms with Crippen LogP contribution < -0.4 is 0 Å². The molecule has 1 heterocycles. The maximum Gasteiger partial charge on any atom is 0.355 e. The van der Waals surface area contributed by atoms with Gasteiger partial charge in [-0.15, -0.1) is 0 Å². The number of hydrogen-bond acceptors (Lipinski definition) is 3. The molecule has 5 heteroatoms. The summed E-state index contributed by atoms with van der Waals surface area (Å²) in [6.45, 7) is 6.71. The second-order valence-corrected chi connectivity index (χ2v) is 7.35. The van der Waals surface area contributed by atoms with E-state index in [-0.39, 0.29) is 5.91 Å². The molecule has 2 aromatic carbocycles. The molecule has 0 radical (unpaired) electrons. The molecule has 3 rings (SSSR count). The molecule has 0 aliphatic heterocycles. The number of hydrogen-bond donors (Lipinski definition) is 0. The first-order valence-electron chi connectivity index (χ1n) is 10.1. The molecule has 5 nitrogen and oxygen atoms in total. The number of ether oxygens (including phenoxy) is 1. The molecule has 0 unspecified atom stereocenters. The average molecular weight is 405 g/mol. The van der Waals surface area contributed by atoms with E-state index in [0.717, 1.165) is 16.8 Å². The van der Waals surface area contributed by atoms with E-state index in [2.05, 4.69) is 0 Å². The first-order valence-corrected chi connectivity index (χ1v) is 10.1. The topological polar surface area (TPSA) is 51.5 Å². The lowest BCUT2D eigenvalue weighted by atomic mass is 10.1. The van der Waals surface area contributed by atoms with E-state index in [9.17, 15) is 9.59 Å². The van der Waals surface area contributed by atoms with Crippen LogP contribution in [0.2, 0.25) is 0 Å². The first kappa shape index (κ1) is 21.4. The summed E-state index contributed by atoms with van der Waals surface area (Å²) in [7, 11) is 1.80. The Hall–Kier alpha value is -3.34. The van der Waals surface area contributed by atoms with Gasteiger partial charge in [-0.05, 0) is 37.5 Å². The van der Waals surface area contributed by atoms with Crippen LogP contribution in [0, 0.1) is 13.8 Å². The van der Waals surface area contributed by atoms with Crippen LogP contribution in [0.4, 0.5) is 0 Å². The van der Waals surface area contributed by atoms with Crippen molar-refractivity contribution in [1.29, 1.82) is 0 Å². The van der Waals surface area contributed by atoms with Crippen molar-refractivity contribution >= 4 is 11.9 Å². The molecule has 0 aliphatic carbocycles. The largest absolute Gasteiger partial charge is 0.461 e. The minimum absolute atomic E-state index is 0.0937. The van der Waals surface area contributed by atoms with Crippen LogP contribution in [0.25, 0.3) is 0 Å². The third kappa shape index (κ3) is 4.46. The molecule has 0 bridgehead atoms. The predicted molar refractivity (Wildman–Crippen MR) is 117 cm³/mol. The quantitative estimate of drug-likeness (QED) is 0.538. The van der Waals surface area contributed by atoms with E-state index in [0.29, 0.717) is 36.5 Å². The second kappa shape index (κ2) is 9.44. The fraction of sp³-hybridized carbons (Fsp3) is 0.280. The summed E-state index contributed by atoms with van der Waals surface area (Å²) in [5.74, 6) is -0.499. The molecule has 1 aromatic heterocycles. The number of carbonyl (C=O) groups excluding carboxylic acids is 2. The number of nitrogens with zero attached hydrogens (tertiary/aromatic N) is 2. The van der Waals surface area contributed by atoms with Gasteiger partial charge in [-0.1, -0.05) is 60.7 Å². The molecular formula is C25H28N2O3. The van der Waals surface area contributed by atoms with Crippen molar-refractivity contribution in [3.05, 3.63) is 94.3 Å². The van der Waals surface area contributed by atoms with Crippen LogP contribution in [-0.2, 0) is 24.9 Å². The molecule has 0 fully saturated rings. The number of carbonyl (C=O) groups is 2. The first-order chi connectivity index (χ1) is 14.4. The van der Waals surface area contributed by atoms with Gasteiger partial charge in [-0.3, -0.25) is 4.79 Å². The van der Waals surface area contributed by atoms with Crippen LogP contribution in [0.5, 0.6) is 0 Å². The summed E-state index contributed by atoms with van der Waals surface area (Å²) in [5.41, 5.74) is 4.51. The fourth-order valence-corrected chi connectivity index (χ4v) is 3.75. The Morgan fingerprint density at radius 3 is 1.87 bits per heavy atom. The number of esters is 1. The molecule has 30 heavy (non-hydrogen) atoms. The van der Waals surface area contributed by atoms with Crippen LogP contribution in [0.15, 0.2) is 60.7 Å². The Bertz CT molecular complexity index is 982. The molecule has 0 atom stereocenters. The van der Waals surface area contributed by atoms with Crippen LogP contribution >= 0.6 is 0 Å². The molecule has 0 spiro atoms. The van der Waals surface area contributed by atoms with Gasteiger partial charge in [0.1, 0.15) is 5.69 Å². The Labute approximate surface area is 177 Å². The molecule has 0 N–H and O–H groups in total. The predicted octanol–water partition coefficient (Wildman–Crippen LogP) is 4.66. The lowest BCUT2D eigenvalue weighted by Crippen LogP contribution is -2.31. The smallest absolute Gasteiger partial charge is 0.355 e. The van der Waals surface area contributed by atoms with Crippen molar-refractivity contribution in [2.24, 2.45) is 7.05 Å². The Kier molecular flexibility index (Phi) is 6.72. The van der Waals surface area contributed by atoms with E-state index in [1.807, 2.05) is 79.4 Å². The van der Waals surface area contributed by atoms with Crippen LogP contribution in [-0.4, -0.2) is 28.0 Å². The average Bonchev–Trinajstić information content (AvgIpc) is 2.97. The highest BCUT2D eigenvalue weighted by atomic mass is 16.5. The van der Waals surface area contributed by atoms with Crippen molar-refractivity contribution in [2.45, 2.75) is 33.9 Å². The van der Waals surface area contributed by atoms with Gasteiger partial charge in [0.2, 0.25) is 0 Å². The Balaban J connectivity index is 2.00. The van der Waals surface area contributed by atoms with Crippen LogP contribution in [0.1, 0.15) is 50.2 Å². The maximum atomic E-state index is 13.7. The summed E-state index contributed by atoms with van der Waals surface area (Å²) in [4.78, 5) is 28.0. The zero-order valence-electron chi connectivity index (χ0n) is 18.0. The van der Waals surface area contributed by atoms with Crippen molar-refractivity contribution in [2.75, 3.05) is 6.61 Å². The SMILES string of the molecule is CCOC(=O)c1c(C)c(C(=O)N(Cc2ccccc2)Cc2ccccc2)c(C)n1C. The highest BCUT2D eigenvalue weighted by molar-refractivity contribution is 6.01. The number of aromatic nitrogens is 1. The van der Waals surface area contributed by atoms with E-state index in [1.54, 1.807) is 18.5 Å². The third-order valence-corrected chi connectivity index (χ3v) is 5.33. The summed E-state index contributed by atoms with van der Waals surface area (Å²) in [6, 6.07) is 19.9.